The number of H-pyrrole nitrogens is 1. The minimum atomic E-state index is -4.58. The van der Waals surface area contributed by atoms with E-state index in [1.54, 1.807) is 31.0 Å². The Balaban J connectivity index is 1.95. The summed E-state index contributed by atoms with van der Waals surface area (Å²) in [5.41, 5.74) is 0.136. The van der Waals surface area contributed by atoms with E-state index in [2.05, 4.69) is 10.2 Å². The minimum Gasteiger partial charge on any atom is -0.453 e. The van der Waals surface area contributed by atoms with Crippen molar-refractivity contribution in [3.63, 3.8) is 0 Å². The van der Waals surface area contributed by atoms with E-state index in [9.17, 15) is 22.8 Å². The van der Waals surface area contributed by atoms with E-state index in [0.717, 1.165) is 17.8 Å². The molecule has 0 radical (unpaired) electrons. The zero-order valence-electron chi connectivity index (χ0n) is 21.2. The van der Waals surface area contributed by atoms with Crippen molar-refractivity contribution in [1.82, 2.24) is 20.0 Å². The molecule has 3 unspecified atom stereocenters. The van der Waals surface area contributed by atoms with Crippen LogP contribution in [0.2, 0.25) is 5.02 Å². The van der Waals surface area contributed by atoms with Crippen molar-refractivity contribution in [1.29, 1.82) is 0 Å². The number of halogens is 4. The van der Waals surface area contributed by atoms with E-state index in [-0.39, 0.29) is 35.3 Å². The molecule has 2 aromatic rings. The number of hydrogen-bond acceptors (Lipinski definition) is 5. The second-order valence-corrected chi connectivity index (χ2v) is 9.85. The molecule has 1 aliphatic rings. The van der Waals surface area contributed by atoms with Gasteiger partial charge in [0.05, 0.1) is 18.8 Å². The summed E-state index contributed by atoms with van der Waals surface area (Å²) >= 11 is 5.98. The van der Waals surface area contributed by atoms with Gasteiger partial charge in [-0.2, -0.15) is 18.3 Å². The maximum absolute atomic E-state index is 13.4. The number of aromatic amines is 1. The second kappa shape index (κ2) is 12.1. The molecule has 1 N–H and O–H groups in total. The molecule has 3 atom stereocenters. The van der Waals surface area contributed by atoms with E-state index < -0.39 is 30.0 Å². The molecule has 0 aliphatic carbocycles. The summed E-state index contributed by atoms with van der Waals surface area (Å²) in [6, 6.07) is 4.00. The third kappa shape index (κ3) is 7.30. The molecule has 0 saturated carbocycles. The summed E-state index contributed by atoms with van der Waals surface area (Å²) in [6.45, 7) is 5.35. The van der Waals surface area contributed by atoms with Gasteiger partial charge < -0.3 is 19.3 Å². The summed E-state index contributed by atoms with van der Waals surface area (Å²) in [7, 11) is 1.23. The average Bonchev–Trinajstić information content (AvgIpc) is 3.33. The number of piperidine rings is 1. The first-order valence-corrected chi connectivity index (χ1v) is 12.5. The van der Waals surface area contributed by atoms with Crippen LogP contribution < -0.4 is 0 Å². The van der Waals surface area contributed by atoms with Crippen molar-refractivity contribution in [2.75, 3.05) is 7.11 Å². The smallest absolute Gasteiger partial charge is 0.416 e. The van der Waals surface area contributed by atoms with Crippen LogP contribution in [0.1, 0.15) is 56.9 Å². The van der Waals surface area contributed by atoms with Crippen molar-refractivity contribution < 1.29 is 32.2 Å². The number of rotatable bonds is 7. The summed E-state index contributed by atoms with van der Waals surface area (Å²) in [4.78, 5) is 29.1. The third-order valence-electron chi connectivity index (χ3n) is 6.40. The molecule has 8 nitrogen and oxygen atoms in total. The highest BCUT2D eigenvalue weighted by Crippen LogP contribution is 2.35. The molecular formula is C25H32ClF3N4O4. The fourth-order valence-electron chi connectivity index (χ4n) is 4.82. The van der Waals surface area contributed by atoms with Gasteiger partial charge in [0.25, 0.3) is 0 Å². The van der Waals surface area contributed by atoms with Crippen LogP contribution in [0.25, 0.3) is 0 Å². The maximum Gasteiger partial charge on any atom is 0.416 e. The van der Waals surface area contributed by atoms with Crippen LogP contribution in [0.4, 0.5) is 22.8 Å². The number of alkyl halides is 3. The van der Waals surface area contributed by atoms with Gasteiger partial charge in [-0.25, -0.2) is 9.59 Å². The zero-order valence-corrected chi connectivity index (χ0v) is 22.0. The molecular weight excluding hydrogens is 513 g/mol. The predicted molar refractivity (Wildman–Crippen MR) is 131 cm³/mol. The summed E-state index contributed by atoms with van der Waals surface area (Å²) in [5, 5.41) is 6.81. The summed E-state index contributed by atoms with van der Waals surface area (Å²) in [6.07, 6.45) is -2.60. The van der Waals surface area contributed by atoms with Crippen molar-refractivity contribution in [2.24, 2.45) is 0 Å². The second-order valence-electron chi connectivity index (χ2n) is 9.41. The number of aromatic nitrogens is 2. The van der Waals surface area contributed by atoms with E-state index in [1.165, 1.54) is 18.1 Å². The van der Waals surface area contributed by atoms with Crippen LogP contribution in [-0.2, 0) is 28.6 Å². The number of carbonyl (C=O) groups excluding carboxylic acids is 2. The molecule has 37 heavy (non-hydrogen) atoms. The lowest BCUT2D eigenvalue weighted by atomic mass is 9.87. The Kier molecular flexibility index (Phi) is 9.33. The fourth-order valence-corrected chi connectivity index (χ4v) is 5.08. The van der Waals surface area contributed by atoms with Crippen LogP contribution in [-0.4, -0.2) is 63.5 Å². The lowest BCUT2D eigenvalue weighted by Crippen LogP contribution is -2.58. The van der Waals surface area contributed by atoms with Gasteiger partial charge in [0.15, 0.2) is 0 Å². The number of likely N-dealkylation sites (tertiary alicyclic amines) is 1. The van der Waals surface area contributed by atoms with Gasteiger partial charge in [-0.1, -0.05) is 18.5 Å². The van der Waals surface area contributed by atoms with Crippen LogP contribution in [0.5, 0.6) is 0 Å². The van der Waals surface area contributed by atoms with Gasteiger partial charge in [0, 0.05) is 48.0 Å². The molecule has 1 saturated heterocycles. The number of carbonyl (C=O) groups is 2. The highest BCUT2D eigenvalue weighted by Gasteiger charge is 2.42. The molecule has 204 valence electrons. The first kappa shape index (κ1) is 28.6. The van der Waals surface area contributed by atoms with Gasteiger partial charge in [0.1, 0.15) is 0 Å². The standard InChI is InChI=1S/C25H32ClF3N4O4/c1-5-20-12-21(13-22(11-19-6-7-30-31-19)33(20)24(35)37-15(2)3)32(23(34)36-4)14-16-8-17(25(27,28)29)10-18(26)9-16/h6-10,15,20-22H,5,11-14H2,1-4H3,(H,30,31). The molecule has 1 fully saturated rings. The fraction of sp³-hybridized carbons (Fsp3) is 0.560. The lowest BCUT2D eigenvalue weighted by molar-refractivity contribution is -0.137. The Labute approximate surface area is 219 Å². The third-order valence-corrected chi connectivity index (χ3v) is 6.61. The topological polar surface area (TPSA) is 87.8 Å². The number of methoxy groups -OCH3 is 1. The molecule has 12 heteroatoms. The zero-order chi connectivity index (χ0) is 27.3. The Hall–Kier alpha value is -2.95. The van der Waals surface area contributed by atoms with E-state index in [0.29, 0.717) is 25.7 Å². The number of amides is 2. The highest BCUT2D eigenvalue weighted by atomic mass is 35.5. The van der Waals surface area contributed by atoms with Crippen LogP contribution in [0, 0.1) is 0 Å². The van der Waals surface area contributed by atoms with E-state index in [4.69, 9.17) is 21.1 Å². The Morgan fingerprint density at radius 2 is 1.95 bits per heavy atom. The summed E-state index contributed by atoms with van der Waals surface area (Å²) < 4.78 is 50.7. The number of hydrogen-bond donors (Lipinski definition) is 1. The van der Waals surface area contributed by atoms with Gasteiger partial charge in [-0.05, 0) is 62.9 Å². The highest BCUT2D eigenvalue weighted by molar-refractivity contribution is 6.30. The van der Waals surface area contributed by atoms with Crippen LogP contribution in [0.3, 0.4) is 0 Å². The SMILES string of the molecule is CCC1CC(N(Cc2cc(Cl)cc(C(F)(F)F)c2)C(=O)OC)CC(Cc2ccn[nH]2)N1C(=O)OC(C)C. The first-order chi connectivity index (χ1) is 17.4. The molecule has 0 bridgehead atoms. The minimum absolute atomic E-state index is 0.0792. The predicted octanol–water partition coefficient (Wildman–Crippen LogP) is 6.05. The van der Waals surface area contributed by atoms with Crippen molar-refractivity contribution in [3.8, 4) is 0 Å². The Bertz CT molecular complexity index is 1060. The van der Waals surface area contributed by atoms with Crippen molar-refractivity contribution in [3.05, 3.63) is 52.3 Å². The van der Waals surface area contributed by atoms with Crippen LogP contribution in [0.15, 0.2) is 30.5 Å². The number of nitrogens with zero attached hydrogens (tertiary/aromatic N) is 3. The van der Waals surface area contributed by atoms with E-state index in [1.807, 2.05) is 6.92 Å². The molecule has 1 aliphatic heterocycles. The maximum atomic E-state index is 13.4. The summed E-state index contributed by atoms with van der Waals surface area (Å²) in [5.74, 6) is 0. The molecule has 3 rings (SSSR count). The van der Waals surface area contributed by atoms with Gasteiger partial charge in [0.2, 0.25) is 0 Å². The number of benzene rings is 1. The Morgan fingerprint density at radius 1 is 1.24 bits per heavy atom. The quantitative estimate of drug-likeness (QED) is 0.458. The van der Waals surface area contributed by atoms with Crippen LogP contribution >= 0.6 is 11.6 Å². The van der Waals surface area contributed by atoms with Gasteiger partial charge in [-0.3, -0.25) is 5.10 Å². The molecule has 1 aromatic heterocycles. The molecule has 1 aromatic carbocycles. The molecule has 2 heterocycles. The molecule has 0 spiro atoms. The van der Waals surface area contributed by atoms with Crippen molar-refractivity contribution >= 4 is 23.8 Å². The van der Waals surface area contributed by atoms with E-state index >= 15 is 0 Å². The number of ether oxygens (including phenoxy) is 2. The normalized spacial score (nSPS) is 20.1. The van der Waals surface area contributed by atoms with Crippen molar-refractivity contribution in [2.45, 2.75) is 83.4 Å². The average molecular weight is 545 g/mol. The van der Waals surface area contributed by atoms with Gasteiger partial charge in [-0.15, -0.1) is 0 Å². The lowest BCUT2D eigenvalue weighted by Gasteiger charge is -2.47. The van der Waals surface area contributed by atoms with Gasteiger partial charge >= 0.3 is 18.4 Å². The number of nitrogens with one attached hydrogen (secondary N) is 1. The monoisotopic (exact) mass is 544 g/mol. The first-order valence-electron chi connectivity index (χ1n) is 12.1. The molecule has 2 amide bonds. The largest absolute Gasteiger partial charge is 0.453 e. The Morgan fingerprint density at radius 3 is 2.51 bits per heavy atom.